The Bertz CT molecular complexity index is 1260. The van der Waals surface area contributed by atoms with E-state index in [9.17, 15) is 22.4 Å². The summed E-state index contributed by atoms with van der Waals surface area (Å²) in [7, 11) is 3.02. The maximum absolute atomic E-state index is 14.2. The molecule has 0 atom stereocenters. The van der Waals surface area contributed by atoms with Crippen LogP contribution in [0.1, 0.15) is 10.4 Å². The summed E-state index contributed by atoms with van der Waals surface area (Å²) in [5, 5.41) is 0.431. The van der Waals surface area contributed by atoms with E-state index in [-0.39, 0.29) is 16.5 Å². The highest BCUT2D eigenvalue weighted by Crippen LogP contribution is 2.32. The number of pyridine rings is 1. The Morgan fingerprint density at radius 2 is 1.71 bits per heavy atom. The Balaban J connectivity index is 1.94. The van der Waals surface area contributed by atoms with Crippen molar-refractivity contribution in [1.29, 1.82) is 0 Å². The van der Waals surface area contributed by atoms with Gasteiger partial charge in [-0.25, -0.2) is 22.5 Å². The summed E-state index contributed by atoms with van der Waals surface area (Å²) in [6, 6.07) is 6.47. The number of halogens is 4. The van der Waals surface area contributed by atoms with Gasteiger partial charge in [0.15, 0.2) is 17.5 Å². The molecule has 8 heteroatoms. The fourth-order valence-electron chi connectivity index (χ4n) is 3.15. The first-order valence-electron chi connectivity index (χ1n) is 8.25. The van der Waals surface area contributed by atoms with Crippen molar-refractivity contribution in [3.8, 4) is 11.3 Å². The molecule has 0 saturated heterocycles. The van der Waals surface area contributed by atoms with Gasteiger partial charge in [-0.15, -0.1) is 0 Å². The van der Waals surface area contributed by atoms with Gasteiger partial charge in [0.1, 0.15) is 5.82 Å². The first-order chi connectivity index (χ1) is 13.3. The molecule has 4 nitrogen and oxygen atoms in total. The number of nitrogens with zero attached hydrogens (tertiary/aromatic N) is 2. The van der Waals surface area contributed by atoms with E-state index in [4.69, 9.17) is 0 Å². The average Bonchev–Trinajstić information content (AvgIpc) is 3.09. The van der Waals surface area contributed by atoms with Crippen molar-refractivity contribution in [3.05, 3.63) is 65.4 Å². The molecular formula is C20H13F4N3O. The molecule has 2 aromatic heterocycles. The number of fused-ring (bicyclic) bond motifs is 2. The van der Waals surface area contributed by atoms with Gasteiger partial charge in [-0.2, -0.15) is 0 Å². The van der Waals surface area contributed by atoms with Gasteiger partial charge in [0.2, 0.25) is 0 Å². The molecule has 4 aromatic rings. The van der Waals surface area contributed by atoms with Crippen LogP contribution in [0.3, 0.4) is 0 Å². The molecule has 0 aliphatic carbocycles. The number of aromatic amines is 1. The minimum atomic E-state index is -1.56. The number of aromatic nitrogens is 2. The van der Waals surface area contributed by atoms with Crippen LogP contribution in [0.15, 0.2) is 36.5 Å². The van der Waals surface area contributed by atoms with Gasteiger partial charge < -0.3 is 9.88 Å². The van der Waals surface area contributed by atoms with Crippen LogP contribution in [0.4, 0.5) is 17.6 Å². The second-order valence-corrected chi connectivity index (χ2v) is 6.50. The zero-order valence-corrected chi connectivity index (χ0v) is 14.8. The fraction of sp³-hybridized carbons (Fsp3) is 0.100. The number of nitrogens with one attached hydrogen (secondary N) is 1. The summed E-state index contributed by atoms with van der Waals surface area (Å²) in [6.07, 6.45) is 1.39. The van der Waals surface area contributed by atoms with Crippen molar-refractivity contribution in [1.82, 2.24) is 14.9 Å². The minimum absolute atomic E-state index is 0.111. The van der Waals surface area contributed by atoms with Crippen molar-refractivity contribution >= 4 is 27.7 Å². The molecular weight excluding hydrogens is 374 g/mol. The van der Waals surface area contributed by atoms with Gasteiger partial charge in [-0.1, -0.05) is 0 Å². The van der Waals surface area contributed by atoms with Crippen LogP contribution < -0.4 is 0 Å². The van der Waals surface area contributed by atoms with Gasteiger partial charge in [-0.3, -0.25) is 4.79 Å². The molecule has 0 radical (unpaired) electrons. The van der Waals surface area contributed by atoms with E-state index in [0.717, 1.165) is 12.1 Å². The highest BCUT2D eigenvalue weighted by molar-refractivity contribution is 6.07. The van der Waals surface area contributed by atoms with Crippen molar-refractivity contribution in [2.45, 2.75) is 0 Å². The highest BCUT2D eigenvalue weighted by atomic mass is 19.2. The number of hydrogen-bond donors (Lipinski definition) is 1. The molecule has 1 amide bonds. The molecule has 0 fully saturated rings. The molecule has 0 bridgehead atoms. The van der Waals surface area contributed by atoms with Crippen LogP contribution in [0.25, 0.3) is 33.1 Å². The van der Waals surface area contributed by atoms with Gasteiger partial charge in [0, 0.05) is 36.6 Å². The molecule has 0 aliphatic heterocycles. The summed E-state index contributed by atoms with van der Waals surface area (Å²) in [5.41, 5.74) is 0.720. The zero-order chi connectivity index (χ0) is 20.2. The normalized spacial score (nSPS) is 11.4. The molecule has 28 heavy (non-hydrogen) atoms. The topological polar surface area (TPSA) is 49.0 Å². The van der Waals surface area contributed by atoms with Crippen LogP contribution in [-0.2, 0) is 0 Å². The van der Waals surface area contributed by atoms with E-state index in [0.29, 0.717) is 22.2 Å². The van der Waals surface area contributed by atoms with Gasteiger partial charge in [0.25, 0.3) is 5.91 Å². The lowest BCUT2D eigenvalue weighted by atomic mass is 10.0. The average molecular weight is 387 g/mol. The molecule has 2 aromatic carbocycles. The highest BCUT2D eigenvalue weighted by Gasteiger charge is 2.21. The summed E-state index contributed by atoms with van der Waals surface area (Å²) >= 11 is 0. The Kier molecular flexibility index (Phi) is 4.06. The Morgan fingerprint density at radius 3 is 2.43 bits per heavy atom. The number of hydrogen-bond acceptors (Lipinski definition) is 2. The van der Waals surface area contributed by atoms with E-state index in [1.165, 1.54) is 43.4 Å². The van der Waals surface area contributed by atoms with Gasteiger partial charge in [0.05, 0.1) is 22.3 Å². The van der Waals surface area contributed by atoms with Gasteiger partial charge in [-0.05, 0) is 30.3 Å². The van der Waals surface area contributed by atoms with Crippen molar-refractivity contribution < 1.29 is 22.4 Å². The van der Waals surface area contributed by atoms with E-state index >= 15 is 0 Å². The summed E-state index contributed by atoms with van der Waals surface area (Å²) in [5.74, 6) is -5.37. The third kappa shape index (κ3) is 2.60. The van der Waals surface area contributed by atoms with Crippen LogP contribution in [0.2, 0.25) is 0 Å². The zero-order valence-electron chi connectivity index (χ0n) is 14.8. The molecule has 142 valence electrons. The predicted octanol–water partition coefficient (Wildman–Crippen LogP) is 4.64. The van der Waals surface area contributed by atoms with Gasteiger partial charge >= 0.3 is 0 Å². The van der Waals surface area contributed by atoms with E-state index in [1.807, 2.05) is 0 Å². The third-order valence-corrected chi connectivity index (χ3v) is 4.53. The van der Waals surface area contributed by atoms with E-state index in [1.54, 1.807) is 0 Å². The summed E-state index contributed by atoms with van der Waals surface area (Å²) in [6.45, 7) is 0. The Hall–Kier alpha value is -3.42. The first-order valence-corrected chi connectivity index (χ1v) is 8.25. The Morgan fingerprint density at radius 1 is 0.964 bits per heavy atom. The standard InChI is InChI=1S/C20H13F4N3O/c1-27(2)20(28)16-9-3-5-15(26-14(9)6-4-12(16)21)11-8-25-19-10(11)7-13(22)17(23)18(19)24/h3-8,25H,1-2H3. The number of rotatable bonds is 2. The fourth-order valence-corrected chi connectivity index (χ4v) is 3.15. The van der Waals surface area contributed by atoms with E-state index < -0.39 is 29.2 Å². The third-order valence-electron chi connectivity index (χ3n) is 4.53. The largest absolute Gasteiger partial charge is 0.358 e. The quantitative estimate of drug-likeness (QED) is 0.402. The van der Waals surface area contributed by atoms with Crippen molar-refractivity contribution in [2.75, 3.05) is 14.1 Å². The van der Waals surface area contributed by atoms with Crippen molar-refractivity contribution in [3.63, 3.8) is 0 Å². The molecule has 0 spiro atoms. The smallest absolute Gasteiger partial charge is 0.257 e. The van der Waals surface area contributed by atoms with E-state index in [2.05, 4.69) is 9.97 Å². The summed E-state index contributed by atoms with van der Waals surface area (Å²) < 4.78 is 55.3. The predicted molar refractivity (Wildman–Crippen MR) is 96.9 cm³/mol. The lowest BCUT2D eigenvalue weighted by Crippen LogP contribution is -2.23. The van der Waals surface area contributed by atoms with Crippen LogP contribution in [0.5, 0.6) is 0 Å². The second kappa shape index (κ2) is 6.33. The Labute approximate surface area is 156 Å². The molecule has 4 rings (SSSR count). The van der Waals surface area contributed by atoms with Crippen molar-refractivity contribution in [2.24, 2.45) is 0 Å². The SMILES string of the molecule is CN(C)C(=O)c1c(F)ccc2nc(-c3c[nH]c4c(F)c(F)c(F)cc34)ccc12. The number of carbonyl (C=O) groups is 1. The number of carbonyl (C=O) groups excluding carboxylic acids is 1. The number of amides is 1. The number of H-pyrrole nitrogens is 1. The lowest BCUT2D eigenvalue weighted by molar-refractivity contribution is 0.0825. The molecule has 0 unspecified atom stereocenters. The van der Waals surface area contributed by atoms with Crippen LogP contribution in [0, 0.1) is 23.3 Å². The van der Waals surface area contributed by atoms with Crippen LogP contribution in [-0.4, -0.2) is 34.9 Å². The molecule has 1 N–H and O–H groups in total. The maximum Gasteiger partial charge on any atom is 0.257 e. The second-order valence-electron chi connectivity index (χ2n) is 6.50. The summed E-state index contributed by atoms with van der Waals surface area (Å²) in [4.78, 5) is 20.5. The number of benzene rings is 2. The molecule has 0 aliphatic rings. The minimum Gasteiger partial charge on any atom is -0.358 e. The molecule has 0 saturated carbocycles. The maximum atomic E-state index is 14.2. The molecule has 2 heterocycles. The first kappa shape index (κ1) is 18.0. The lowest BCUT2D eigenvalue weighted by Gasteiger charge is -2.13. The van der Waals surface area contributed by atoms with Crippen LogP contribution >= 0.6 is 0 Å². The monoisotopic (exact) mass is 387 g/mol.